The lowest BCUT2D eigenvalue weighted by molar-refractivity contribution is 0.00747. The summed E-state index contributed by atoms with van der Waals surface area (Å²) in [5.41, 5.74) is 0.0994. The van der Waals surface area contributed by atoms with E-state index in [0.717, 1.165) is 24.9 Å². The number of piperidine rings is 2. The summed E-state index contributed by atoms with van der Waals surface area (Å²) in [7, 11) is 2.29. The first kappa shape index (κ1) is 15.3. The van der Waals surface area contributed by atoms with Crippen LogP contribution in [-0.2, 0) is 0 Å². The van der Waals surface area contributed by atoms with Crippen molar-refractivity contribution in [2.75, 3.05) is 39.8 Å². The molecular weight excluding hydrogens is 236 g/mol. The number of aliphatic hydroxyl groups is 1. The molecule has 0 radical (unpaired) electrons. The number of likely N-dealkylation sites (tertiary alicyclic amines) is 2. The van der Waals surface area contributed by atoms with Crippen LogP contribution < -0.4 is 0 Å². The van der Waals surface area contributed by atoms with Gasteiger partial charge in [0.1, 0.15) is 0 Å². The van der Waals surface area contributed by atoms with Crippen molar-refractivity contribution in [2.24, 2.45) is 11.3 Å². The van der Waals surface area contributed by atoms with Crippen LogP contribution >= 0.6 is 0 Å². The van der Waals surface area contributed by atoms with Crippen molar-refractivity contribution < 1.29 is 5.11 Å². The third-order valence-corrected chi connectivity index (χ3v) is 5.27. The lowest BCUT2D eigenvalue weighted by Crippen LogP contribution is -2.54. The molecule has 0 aromatic heterocycles. The van der Waals surface area contributed by atoms with Crippen molar-refractivity contribution in [1.82, 2.24) is 9.80 Å². The van der Waals surface area contributed by atoms with Gasteiger partial charge >= 0.3 is 0 Å². The van der Waals surface area contributed by atoms with Crippen molar-refractivity contribution in [3.8, 4) is 0 Å². The van der Waals surface area contributed by atoms with Gasteiger partial charge in [0.05, 0.1) is 0 Å². The number of aliphatic hydroxyl groups excluding tert-OH is 1. The largest absolute Gasteiger partial charge is 0.396 e. The van der Waals surface area contributed by atoms with Gasteiger partial charge in [0.25, 0.3) is 0 Å². The predicted octanol–water partition coefficient (Wildman–Crippen LogP) is 2.20. The molecule has 2 heterocycles. The SMILES string of the molecule is CCCC(C)(CO)CN1CCC2C(CCCN2C)C1. The third kappa shape index (κ3) is 3.71. The van der Waals surface area contributed by atoms with Crippen molar-refractivity contribution in [3.05, 3.63) is 0 Å². The van der Waals surface area contributed by atoms with Crippen molar-refractivity contribution >= 4 is 0 Å². The highest BCUT2D eigenvalue weighted by atomic mass is 16.3. The van der Waals surface area contributed by atoms with Gasteiger partial charge in [-0.15, -0.1) is 0 Å². The standard InChI is InChI=1S/C16H32N2O/c1-4-8-16(2,13-19)12-18-10-7-15-14(11-18)6-5-9-17(15)3/h14-15,19H,4-13H2,1-3H3. The summed E-state index contributed by atoms with van der Waals surface area (Å²) in [5, 5.41) is 9.69. The van der Waals surface area contributed by atoms with Crippen LogP contribution in [0, 0.1) is 11.3 Å². The van der Waals surface area contributed by atoms with Crippen LogP contribution in [0.15, 0.2) is 0 Å². The van der Waals surface area contributed by atoms with E-state index in [2.05, 4.69) is 30.7 Å². The first-order valence-electron chi connectivity index (χ1n) is 8.11. The highest BCUT2D eigenvalue weighted by Gasteiger charge is 2.36. The minimum Gasteiger partial charge on any atom is -0.396 e. The first-order chi connectivity index (χ1) is 9.08. The molecule has 2 aliphatic heterocycles. The molecule has 2 rings (SSSR count). The molecule has 0 bridgehead atoms. The molecule has 3 unspecified atom stereocenters. The smallest absolute Gasteiger partial charge is 0.0497 e. The molecule has 112 valence electrons. The summed E-state index contributed by atoms with van der Waals surface area (Å²) in [4.78, 5) is 5.19. The Morgan fingerprint density at radius 2 is 2.05 bits per heavy atom. The van der Waals surface area contributed by atoms with Crippen LogP contribution in [0.3, 0.4) is 0 Å². The Morgan fingerprint density at radius 3 is 2.74 bits per heavy atom. The zero-order valence-corrected chi connectivity index (χ0v) is 13.1. The van der Waals surface area contributed by atoms with Crippen molar-refractivity contribution in [1.29, 1.82) is 0 Å². The Labute approximate surface area is 119 Å². The maximum Gasteiger partial charge on any atom is 0.0497 e. The van der Waals surface area contributed by atoms with E-state index in [-0.39, 0.29) is 5.41 Å². The lowest BCUT2D eigenvalue weighted by atomic mass is 9.81. The molecule has 2 saturated heterocycles. The summed E-state index contributed by atoms with van der Waals surface area (Å²) in [6.45, 7) is 9.60. The van der Waals surface area contributed by atoms with E-state index in [9.17, 15) is 5.11 Å². The summed E-state index contributed by atoms with van der Waals surface area (Å²) >= 11 is 0. The zero-order chi connectivity index (χ0) is 13.9. The average Bonchev–Trinajstić information content (AvgIpc) is 2.39. The Hall–Kier alpha value is -0.120. The fourth-order valence-corrected chi connectivity index (χ4v) is 4.22. The second-order valence-electron chi connectivity index (χ2n) is 7.19. The maximum absolute atomic E-state index is 9.69. The average molecular weight is 268 g/mol. The molecule has 3 nitrogen and oxygen atoms in total. The van der Waals surface area contributed by atoms with E-state index in [1.807, 2.05) is 0 Å². The van der Waals surface area contributed by atoms with E-state index >= 15 is 0 Å². The second kappa shape index (κ2) is 6.55. The summed E-state index contributed by atoms with van der Waals surface area (Å²) < 4.78 is 0. The van der Waals surface area contributed by atoms with Crippen LogP contribution in [0.5, 0.6) is 0 Å². The highest BCUT2D eigenvalue weighted by molar-refractivity contribution is 4.91. The molecule has 1 N–H and O–H groups in total. The topological polar surface area (TPSA) is 26.7 Å². The lowest BCUT2D eigenvalue weighted by Gasteiger charge is -2.47. The highest BCUT2D eigenvalue weighted by Crippen LogP contribution is 2.32. The number of rotatable bonds is 5. The number of hydrogen-bond acceptors (Lipinski definition) is 3. The predicted molar refractivity (Wildman–Crippen MR) is 80.3 cm³/mol. The maximum atomic E-state index is 9.69. The van der Waals surface area contributed by atoms with Gasteiger partial charge in [-0.3, -0.25) is 0 Å². The zero-order valence-electron chi connectivity index (χ0n) is 13.1. The quantitative estimate of drug-likeness (QED) is 0.828. The van der Waals surface area contributed by atoms with Crippen LogP contribution in [0.2, 0.25) is 0 Å². The van der Waals surface area contributed by atoms with Crippen LogP contribution in [0.4, 0.5) is 0 Å². The van der Waals surface area contributed by atoms with E-state index < -0.39 is 0 Å². The van der Waals surface area contributed by atoms with Crippen LogP contribution in [0.1, 0.15) is 46.0 Å². The molecule has 0 aliphatic carbocycles. The fraction of sp³-hybridized carbons (Fsp3) is 1.00. The van der Waals surface area contributed by atoms with Crippen LogP contribution in [0.25, 0.3) is 0 Å². The fourth-order valence-electron chi connectivity index (χ4n) is 4.22. The molecule has 0 amide bonds. The summed E-state index contributed by atoms with van der Waals surface area (Å²) in [5.74, 6) is 0.858. The molecular formula is C16H32N2O. The summed E-state index contributed by atoms with van der Waals surface area (Å²) in [6, 6.07) is 0.816. The van der Waals surface area contributed by atoms with E-state index in [1.165, 1.54) is 45.3 Å². The van der Waals surface area contributed by atoms with Gasteiger partial charge in [-0.1, -0.05) is 20.3 Å². The minimum absolute atomic E-state index is 0.0994. The molecule has 19 heavy (non-hydrogen) atoms. The van der Waals surface area contributed by atoms with E-state index in [0.29, 0.717) is 6.61 Å². The third-order valence-electron chi connectivity index (χ3n) is 5.27. The van der Waals surface area contributed by atoms with Gasteiger partial charge in [0.15, 0.2) is 0 Å². The number of nitrogens with zero attached hydrogens (tertiary/aromatic N) is 2. The van der Waals surface area contributed by atoms with Gasteiger partial charge in [0.2, 0.25) is 0 Å². The monoisotopic (exact) mass is 268 g/mol. The molecule has 2 fully saturated rings. The van der Waals surface area contributed by atoms with Crippen LogP contribution in [-0.4, -0.2) is 60.8 Å². The first-order valence-corrected chi connectivity index (χ1v) is 8.11. The molecule has 0 saturated carbocycles. The second-order valence-corrected chi connectivity index (χ2v) is 7.19. The van der Waals surface area contributed by atoms with Gasteiger partial charge in [-0.2, -0.15) is 0 Å². The van der Waals surface area contributed by atoms with Gasteiger partial charge in [0, 0.05) is 31.2 Å². The van der Waals surface area contributed by atoms with E-state index in [4.69, 9.17) is 0 Å². The normalized spacial score (nSPS) is 32.8. The van der Waals surface area contributed by atoms with Gasteiger partial charge in [-0.05, 0) is 51.7 Å². The van der Waals surface area contributed by atoms with Gasteiger partial charge in [-0.25, -0.2) is 0 Å². The van der Waals surface area contributed by atoms with Crippen molar-refractivity contribution in [3.63, 3.8) is 0 Å². The number of hydrogen-bond donors (Lipinski definition) is 1. The number of fused-ring (bicyclic) bond motifs is 1. The minimum atomic E-state index is 0.0994. The summed E-state index contributed by atoms with van der Waals surface area (Å²) in [6.07, 6.45) is 6.37. The molecule has 0 spiro atoms. The Balaban J connectivity index is 1.90. The van der Waals surface area contributed by atoms with Crippen molar-refractivity contribution in [2.45, 2.75) is 52.0 Å². The molecule has 2 aliphatic rings. The Morgan fingerprint density at radius 1 is 1.26 bits per heavy atom. The Bertz CT molecular complexity index is 284. The molecule has 0 aromatic rings. The Kier molecular flexibility index (Phi) is 5.27. The van der Waals surface area contributed by atoms with E-state index in [1.54, 1.807) is 0 Å². The molecule has 3 atom stereocenters. The van der Waals surface area contributed by atoms with Gasteiger partial charge < -0.3 is 14.9 Å². The molecule has 3 heteroatoms. The molecule has 0 aromatic carbocycles.